The second-order valence-electron chi connectivity index (χ2n) is 7.71. The summed E-state index contributed by atoms with van der Waals surface area (Å²) < 4.78 is 27.3. The van der Waals surface area contributed by atoms with Gasteiger partial charge < -0.3 is 5.32 Å². The fourth-order valence-electron chi connectivity index (χ4n) is 3.85. The minimum absolute atomic E-state index is 0.0925. The number of amides is 1. The van der Waals surface area contributed by atoms with E-state index >= 15 is 0 Å². The molecule has 0 saturated carbocycles. The maximum atomic E-state index is 12.8. The van der Waals surface area contributed by atoms with Gasteiger partial charge >= 0.3 is 0 Å². The first-order valence-electron chi connectivity index (χ1n) is 9.86. The van der Waals surface area contributed by atoms with Crippen LogP contribution in [0.1, 0.15) is 29.7 Å². The van der Waals surface area contributed by atoms with Crippen molar-refractivity contribution in [2.24, 2.45) is 0 Å². The number of nitriles is 1. The first-order chi connectivity index (χ1) is 14.2. The van der Waals surface area contributed by atoms with Crippen LogP contribution >= 0.6 is 0 Å². The first-order valence-corrected chi connectivity index (χ1v) is 11.8. The monoisotopic (exact) mass is 429 g/mol. The average Bonchev–Trinajstić information content (AvgIpc) is 2.92. The average molecular weight is 430 g/mol. The van der Waals surface area contributed by atoms with Gasteiger partial charge in [0, 0.05) is 30.5 Å². The third-order valence-corrected chi connectivity index (χ3v) is 6.19. The summed E-state index contributed by atoms with van der Waals surface area (Å²) in [6.07, 6.45) is 2.47. The van der Waals surface area contributed by atoms with Crippen LogP contribution in [0.2, 0.25) is 0 Å². The number of benzene rings is 1. The van der Waals surface area contributed by atoms with Gasteiger partial charge in [-0.1, -0.05) is 18.2 Å². The van der Waals surface area contributed by atoms with Gasteiger partial charge in [-0.3, -0.25) is 14.3 Å². The number of carbonyl (C=O) groups excluding carboxylic acids is 1. The largest absolute Gasteiger partial charge is 0.310 e. The predicted octanol–water partition coefficient (Wildman–Crippen LogP) is 1.92. The summed E-state index contributed by atoms with van der Waals surface area (Å²) >= 11 is 0. The fourth-order valence-corrected chi connectivity index (χ4v) is 4.69. The Morgan fingerprint density at radius 3 is 2.40 bits per heavy atom. The van der Waals surface area contributed by atoms with E-state index < -0.39 is 10.0 Å². The van der Waals surface area contributed by atoms with Crippen molar-refractivity contribution < 1.29 is 13.2 Å². The summed E-state index contributed by atoms with van der Waals surface area (Å²) in [5.41, 5.74) is 3.08. The minimum Gasteiger partial charge on any atom is -0.310 e. The number of aromatic nitrogens is 1. The molecule has 1 aromatic heterocycles. The molecule has 1 saturated heterocycles. The molecular formula is C21H27N5O3S. The number of hydrogen-bond donors (Lipinski definition) is 2. The normalized spacial score (nSPS) is 15.7. The summed E-state index contributed by atoms with van der Waals surface area (Å²) in [5, 5.41) is 12.6. The van der Waals surface area contributed by atoms with Gasteiger partial charge in [0.05, 0.1) is 18.4 Å². The van der Waals surface area contributed by atoms with E-state index in [9.17, 15) is 18.5 Å². The summed E-state index contributed by atoms with van der Waals surface area (Å²) in [6.45, 7) is 5.25. The van der Waals surface area contributed by atoms with E-state index in [2.05, 4.69) is 16.1 Å². The molecular weight excluding hydrogens is 402 g/mol. The SMILES string of the molecule is Cc1c(C#N)c(NC(=O)CN2CCC(NS(C)(=O)=O)CC2)n(-c2ccccc2)c1C. The number of likely N-dealkylation sites (tertiary alicyclic amines) is 1. The van der Waals surface area contributed by atoms with E-state index in [1.54, 1.807) is 0 Å². The Morgan fingerprint density at radius 1 is 1.20 bits per heavy atom. The quantitative estimate of drug-likeness (QED) is 0.730. The fraction of sp³-hybridized carbons (Fsp3) is 0.429. The maximum Gasteiger partial charge on any atom is 0.239 e. The molecule has 1 aliphatic heterocycles. The zero-order chi connectivity index (χ0) is 21.9. The highest BCUT2D eigenvalue weighted by atomic mass is 32.2. The van der Waals surface area contributed by atoms with E-state index in [1.807, 2.05) is 53.6 Å². The molecule has 0 aliphatic carbocycles. The van der Waals surface area contributed by atoms with Crippen molar-refractivity contribution in [2.75, 3.05) is 31.2 Å². The molecule has 0 bridgehead atoms. The van der Waals surface area contributed by atoms with Gasteiger partial charge in [0.15, 0.2) is 0 Å². The molecule has 1 aromatic carbocycles. The highest BCUT2D eigenvalue weighted by molar-refractivity contribution is 7.88. The van der Waals surface area contributed by atoms with Crippen molar-refractivity contribution in [2.45, 2.75) is 32.7 Å². The van der Waals surface area contributed by atoms with Gasteiger partial charge in [-0.25, -0.2) is 13.1 Å². The van der Waals surface area contributed by atoms with Crippen molar-refractivity contribution >= 4 is 21.7 Å². The molecule has 0 spiro atoms. The summed E-state index contributed by atoms with van der Waals surface area (Å²) in [4.78, 5) is 14.8. The molecule has 2 aromatic rings. The van der Waals surface area contributed by atoms with Gasteiger partial charge in [-0.2, -0.15) is 5.26 Å². The minimum atomic E-state index is -3.23. The molecule has 8 nitrogen and oxygen atoms in total. The lowest BCUT2D eigenvalue weighted by Gasteiger charge is -2.31. The number of hydrogen-bond acceptors (Lipinski definition) is 5. The van der Waals surface area contributed by atoms with Gasteiger partial charge in [-0.05, 0) is 44.4 Å². The molecule has 0 unspecified atom stereocenters. The Hall–Kier alpha value is -2.67. The van der Waals surface area contributed by atoms with Crippen LogP contribution < -0.4 is 10.0 Å². The molecule has 30 heavy (non-hydrogen) atoms. The predicted molar refractivity (Wildman–Crippen MR) is 116 cm³/mol. The van der Waals surface area contributed by atoms with Gasteiger partial charge in [-0.15, -0.1) is 0 Å². The van der Waals surface area contributed by atoms with Crippen molar-refractivity contribution in [1.29, 1.82) is 5.26 Å². The number of rotatable bonds is 6. The molecule has 0 radical (unpaired) electrons. The van der Waals surface area contributed by atoms with Gasteiger partial charge in [0.25, 0.3) is 0 Å². The molecule has 1 fully saturated rings. The topological polar surface area (TPSA) is 107 Å². The molecule has 9 heteroatoms. The van der Waals surface area contributed by atoms with Crippen LogP contribution in [0.25, 0.3) is 5.69 Å². The van der Waals surface area contributed by atoms with E-state index in [1.165, 1.54) is 0 Å². The standard InChI is InChI=1S/C21H27N5O3S/c1-15-16(2)26(18-7-5-4-6-8-18)21(19(15)13-22)23-20(27)14-25-11-9-17(10-12-25)24-30(3,28)29/h4-8,17,24H,9-12,14H2,1-3H3,(H,23,27). The Bertz CT molecular complexity index is 1060. The molecule has 1 aliphatic rings. The lowest BCUT2D eigenvalue weighted by Crippen LogP contribution is -2.46. The molecule has 2 N–H and O–H groups in total. The van der Waals surface area contributed by atoms with E-state index in [-0.39, 0.29) is 18.5 Å². The third-order valence-electron chi connectivity index (χ3n) is 5.43. The lowest BCUT2D eigenvalue weighted by atomic mass is 10.1. The van der Waals surface area contributed by atoms with Crippen molar-refractivity contribution in [3.8, 4) is 11.8 Å². The zero-order valence-electron chi connectivity index (χ0n) is 17.5. The number of nitrogens with one attached hydrogen (secondary N) is 2. The van der Waals surface area contributed by atoms with Crippen LogP contribution in [-0.2, 0) is 14.8 Å². The molecule has 2 heterocycles. The number of nitrogens with zero attached hydrogens (tertiary/aromatic N) is 3. The molecule has 3 rings (SSSR count). The first kappa shape index (κ1) is 22.0. The second-order valence-corrected chi connectivity index (χ2v) is 9.49. The Balaban J connectivity index is 1.72. The maximum absolute atomic E-state index is 12.8. The number of anilines is 1. The summed E-state index contributed by atoms with van der Waals surface area (Å²) in [6, 6.07) is 11.7. The van der Waals surface area contributed by atoms with Crippen molar-refractivity contribution in [3.05, 3.63) is 47.2 Å². The summed E-state index contributed by atoms with van der Waals surface area (Å²) in [7, 11) is -3.23. The lowest BCUT2D eigenvalue weighted by molar-refractivity contribution is -0.117. The third kappa shape index (κ3) is 5.08. The van der Waals surface area contributed by atoms with E-state index in [0.29, 0.717) is 37.3 Å². The Morgan fingerprint density at radius 2 is 1.83 bits per heavy atom. The van der Waals surface area contributed by atoms with Crippen LogP contribution in [0, 0.1) is 25.2 Å². The van der Waals surface area contributed by atoms with E-state index in [4.69, 9.17) is 0 Å². The Labute approximate surface area is 177 Å². The Kier molecular flexibility index (Phi) is 6.61. The van der Waals surface area contributed by atoms with Crippen molar-refractivity contribution in [3.63, 3.8) is 0 Å². The number of carbonyl (C=O) groups is 1. The van der Waals surface area contributed by atoms with E-state index in [0.717, 1.165) is 23.2 Å². The molecule has 1 amide bonds. The highest BCUT2D eigenvalue weighted by Gasteiger charge is 2.25. The molecule has 0 atom stereocenters. The van der Waals surface area contributed by atoms with Gasteiger partial charge in [0.1, 0.15) is 11.9 Å². The number of para-hydroxylation sites is 1. The highest BCUT2D eigenvalue weighted by Crippen LogP contribution is 2.29. The second kappa shape index (κ2) is 9.00. The zero-order valence-corrected chi connectivity index (χ0v) is 18.3. The van der Waals surface area contributed by atoms with Crippen molar-refractivity contribution in [1.82, 2.24) is 14.2 Å². The smallest absolute Gasteiger partial charge is 0.239 e. The van der Waals surface area contributed by atoms with Crippen LogP contribution in [0.3, 0.4) is 0 Å². The number of piperidine rings is 1. The van der Waals surface area contributed by atoms with Crippen LogP contribution in [0.4, 0.5) is 5.82 Å². The number of sulfonamides is 1. The van der Waals surface area contributed by atoms with Crippen LogP contribution in [0.5, 0.6) is 0 Å². The molecule has 160 valence electrons. The summed E-state index contributed by atoms with van der Waals surface area (Å²) in [5.74, 6) is 0.285. The van der Waals surface area contributed by atoms with Crippen LogP contribution in [-0.4, -0.2) is 55.7 Å². The van der Waals surface area contributed by atoms with Gasteiger partial charge in [0.2, 0.25) is 15.9 Å². The van der Waals surface area contributed by atoms with Crippen LogP contribution in [0.15, 0.2) is 30.3 Å².